The molecule has 0 bridgehead atoms. The van der Waals surface area contributed by atoms with E-state index < -0.39 is 0 Å². The lowest BCUT2D eigenvalue weighted by atomic mass is 9.95. The third-order valence-electron chi connectivity index (χ3n) is 5.26. The first kappa shape index (κ1) is 16.3. The Labute approximate surface area is 126 Å². The molecule has 0 aliphatic carbocycles. The zero-order valence-electron chi connectivity index (χ0n) is 14.1. The molecule has 0 radical (unpaired) electrons. The van der Waals surface area contributed by atoms with Crippen molar-refractivity contribution in [1.82, 2.24) is 15.1 Å². The van der Waals surface area contributed by atoms with Crippen LogP contribution in [0.1, 0.15) is 47.0 Å². The average molecular weight is 281 g/mol. The fraction of sp³-hybridized carbons (Fsp3) is 1.00. The molecule has 2 saturated heterocycles. The minimum Gasteiger partial charge on any atom is -0.311 e. The van der Waals surface area contributed by atoms with Crippen molar-refractivity contribution in [3.05, 3.63) is 0 Å². The highest BCUT2D eigenvalue weighted by molar-refractivity contribution is 4.90. The summed E-state index contributed by atoms with van der Waals surface area (Å²) in [5.74, 6) is 1.66. The molecule has 0 aromatic heterocycles. The molecule has 0 amide bonds. The van der Waals surface area contributed by atoms with Crippen LogP contribution in [0.4, 0.5) is 0 Å². The van der Waals surface area contributed by atoms with Crippen LogP contribution in [0.2, 0.25) is 0 Å². The second kappa shape index (κ2) is 7.77. The monoisotopic (exact) mass is 281 g/mol. The summed E-state index contributed by atoms with van der Waals surface area (Å²) in [5.41, 5.74) is 0. The van der Waals surface area contributed by atoms with Crippen molar-refractivity contribution in [1.29, 1.82) is 0 Å². The smallest absolute Gasteiger partial charge is 0.0244 e. The molecule has 0 saturated carbocycles. The molecule has 0 aromatic carbocycles. The number of hydrogen-bond acceptors (Lipinski definition) is 3. The molecular formula is C17H35N3. The predicted molar refractivity (Wildman–Crippen MR) is 87.1 cm³/mol. The van der Waals surface area contributed by atoms with Crippen molar-refractivity contribution < 1.29 is 0 Å². The Balaban J connectivity index is 1.90. The summed E-state index contributed by atoms with van der Waals surface area (Å²) >= 11 is 0. The summed E-state index contributed by atoms with van der Waals surface area (Å²) in [4.78, 5) is 5.42. The van der Waals surface area contributed by atoms with Crippen LogP contribution in [-0.4, -0.2) is 61.2 Å². The first-order valence-corrected chi connectivity index (χ1v) is 8.83. The zero-order chi connectivity index (χ0) is 14.5. The maximum Gasteiger partial charge on any atom is 0.0244 e. The lowest BCUT2D eigenvalue weighted by Gasteiger charge is -2.43. The van der Waals surface area contributed by atoms with Crippen LogP contribution < -0.4 is 5.32 Å². The molecule has 2 aliphatic rings. The van der Waals surface area contributed by atoms with E-state index in [0.29, 0.717) is 0 Å². The maximum atomic E-state index is 3.77. The van der Waals surface area contributed by atoms with E-state index in [1.807, 2.05) is 0 Å². The van der Waals surface area contributed by atoms with Gasteiger partial charge in [0.05, 0.1) is 0 Å². The van der Waals surface area contributed by atoms with Gasteiger partial charge in [-0.05, 0) is 37.8 Å². The van der Waals surface area contributed by atoms with Gasteiger partial charge in [0.15, 0.2) is 0 Å². The average Bonchev–Trinajstić information content (AvgIpc) is 2.87. The molecule has 0 aromatic rings. The highest BCUT2D eigenvalue weighted by Crippen LogP contribution is 2.23. The normalized spacial score (nSPS) is 33.1. The highest BCUT2D eigenvalue weighted by atomic mass is 15.2. The molecule has 118 valence electrons. The number of likely N-dealkylation sites (tertiary alicyclic amines) is 1. The number of nitrogens with zero attached hydrogens (tertiary/aromatic N) is 2. The van der Waals surface area contributed by atoms with Crippen molar-refractivity contribution >= 4 is 0 Å². The van der Waals surface area contributed by atoms with Crippen LogP contribution in [0.25, 0.3) is 0 Å². The van der Waals surface area contributed by atoms with Gasteiger partial charge in [-0.1, -0.05) is 34.1 Å². The third-order valence-corrected chi connectivity index (χ3v) is 5.26. The van der Waals surface area contributed by atoms with Gasteiger partial charge in [-0.25, -0.2) is 0 Å². The summed E-state index contributed by atoms with van der Waals surface area (Å²) in [6.07, 6.45) is 4.03. The third kappa shape index (κ3) is 4.19. The van der Waals surface area contributed by atoms with E-state index in [-0.39, 0.29) is 0 Å². The lowest BCUT2D eigenvalue weighted by molar-refractivity contribution is 0.0800. The van der Waals surface area contributed by atoms with Gasteiger partial charge in [-0.3, -0.25) is 4.90 Å². The molecule has 3 atom stereocenters. The number of nitrogens with one attached hydrogen (secondary N) is 1. The summed E-state index contributed by atoms with van der Waals surface area (Å²) in [6, 6.07) is 1.46. The van der Waals surface area contributed by atoms with Crippen LogP contribution >= 0.6 is 0 Å². The molecule has 2 rings (SSSR count). The van der Waals surface area contributed by atoms with Gasteiger partial charge < -0.3 is 10.2 Å². The Kier molecular flexibility index (Phi) is 6.31. The minimum atomic E-state index is 0.721. The fourth-order valence-corrected chi connectivity index (χ4v) is 3.99. The molecule has 1 N–H and O–H groups in total. The molecule has 2 fully saturated rings. The molecule has 2 heterocycles. The van der Waals surface area contributed by atoms with E-state index in [9.17, 15) is 0 Å². The quantitative estimate of drug-likeness (QED) is 0.807. The Bertz CT molecular complexity index is 279. The van der Waals surface area contributed by atoms with Crippen LogP contribution in [0.5, 0.6) is 0 Å². The van der Waals surface area contributed by atoms with Crippen molar-refractivity contribution in [3.63, 3.8) is 0 Å². The van der Waals surface area contributed by atoms with Crippen LogP contribution in [-0.2, 0) is 0 Å². The first-order chi connectivity index (χ1) is 9.63. The molecule has 3 heteroatoms. The second-order valence-electron chi connectivity index (χ2n) is 7.21. The lowest BCUT2D eigenvalue weighted by Crippen LogP contribution is -2.59. The van der Waals surface area contributed by atoms with Gasteiger partial charge >= 0.3 is 0 Å². The molecular weight excluding hydrogens is 246 g/mol. The summed E-state index contributed by atoms with van der Waals surface area (Å²) in [6.45, 7) is 17.0. The number of rotatable bonds is 6. The van der Waals surface area contributed by atoms with Crippen LogP contribution in [0.15, 0.2) is 0 Å². The molecule has 0 spiro atoms. The standard InChI is InChI=1S/C17H35N3/c1-5-7-16-13-20(17(10-18-16)14(3)4)12-15-8-9-19(6-2)11-15/h14-18H,5-13H2,1-4H3. The zero-order valence-corrected chi connectivity index (χ0v) is 14.1. The van der Waals surface area contributed by atoms with Gasteiger partial charge in [0.25, 0.3) is 0 Å². The first-order valence-electron chi connectivity index (χ1n) is 8.83. The Morgan fingerprint density at radius 2 is 2.00 bits per heavy atom. The van der Waals surface area contributed by atoms with E-state index in [1.54, 1.807) is 0 Å². The Morgan fingerprint density at radius 3 is 2.60 bits per heavy atom. The second-order valence-corrected chi connectivity index (χ2v) is 7.21. The predicted octanol–water partition coefficient (Wildman–Crippen LogP) is 2.43. The van der Waals surface area contributed by atoms with Crippen molar-refractivity contribution in [2.24, 2.45) is 11.8 Å². The number of hydrogen-bond donors (Lipinski definition) is 1. The highest BCUT2D eigenvalue weighted by Gasteiger charge is 2.32. The Hall–Kier alpha value is -0.120. The van der Waals surface area contributed by atoms with Gasteiger partial charge in [-0.15, -0.1) is 0 Å². The van der Waals surface area contributed by atoms with E-state index in [4.69, 9.17) is 0 Å². The van der Waals surface area contributed by atoms with Gasteiger partial charge in [0, 0.05) is 38.3 Å². The molecule has 20 heavy (non-hydrogen) atoms. The summed E-state index contributed by atoms with van der Waals surface area (Å²) < 4.78 is 0. The van der Waals surface area contributed by atoms with Crippen LogP contribution in [0.3, 0.4) is 0 Å². The fourth-order valence-electron chi connectivity index (χ4n) is 3.99. The summed E-state index contributed by atoms with van der Waals surface area (Å²) in [5, 5.41) is 3.77. The number of piperazine rings is 1. The van der Waals surface area contributed by atoms with Crippen molar-refractivity contribution in [2.45, 2.75) is 59.0 Å². The van der Waals surface area contributed by atoms with E-state index in [2.05, 4.69) is 42.8 Å². The minimum absolute atomic E-state index is 0.721. The SMILES string of the molecule is CCCC1CN(CC2CCN(CC)C2)C(C(C)C)CN1. The Morgan fingerprint density at radius 1 is 1.20 bits per heavy atom. The maximum absolute atomic E-state index is 3.77. The molecule has 3 unspecified atom stereocenters. The largest absolute Gasteiger partial charge is 0.311 e. The molecule has 3 nitrogen and oxygen atoms in total. The topological polar surface area (TPSA) is 18.5 Å². The van der Waals surface area contributed by atoms with Crippen molar-refractivity contribution in [2.75, 3.05) is 39.3 Å². The van der Waals surface area contributed by atoms with E-state index in [0.717, 1.165) is 23.9 Å². The van der Waals surface area contributed by atoms with Crippen LogP contribution in [0, 0.1) is 11.8 Å². The van der Waals surface area contributed by atoms with E-state index >= 15 is 0 Å². The summed E-state index contributed by atoms with van der Waals surface area (Å²) in [7, 11) is 0. The molecule has 2 aliphatic heterocycles. The van der Waals surface area contributed by atoms with E-state index in [1.165, 1.54) is 58.5 Å². The van der Waals surface area contributed by atoms with Crippen molar-refractivity contribution in [3.8, 4) is 0 Å². The van der Waals surface area contributed by atoms with Gasteiger partial charge in [0.1, 0.15) is 0 Å². The van der Waals surface area contributed by atoms with Gasteiger partial charge in [-0.2, -0.15) is 0 Å². The van der Waals surface area contributed by atoms with Gasteiger partial charge in [0.2, 0.25) is 0 Å².